The first-order chi connectivity index (χ1) is 6.06. The Balaban J connectivity index is 2.98. The summed E-state index contributed by atoms with van der Waals surface area (Å²) in [4.78, 5) is 0. The van der Waals surface area contributed by atoms with Gasteiger partial charge in [-0.1, -0.05) is 18.5 Å². The fourth-order valence-electron chi connectivity index (χ4n) is 1.32. The summed E-state index contributed by atoms with van der Waals surface area (Å²) in [5.41, 5.74) is 1.81. The molecule has 0 aliphatic carbocycles. The van der Waals surface area contributed by atoms with Crippen molar-refractivity contribution in [3.63, 3.8) is 0 Å². The summed E-state index contributed by atoms with van der Waals surface area (Å²) in [7, 11) is 1.85. The summed E-state index contributed by atoms with van der Waals surface area (Å²) in [5.74, 6) is 0. The fourth-order valence-corrected chi connectivity index (χ4v) is 1.69. The molecule has 0 amide bonds. The number of rotatable bonds is 3. The van der Waals surface area contributed by atoms with Crippen LogP contribution < -0.4 is 0 Å². The molecule has 1 aromatic heterocycles. The Bertz CT molecular complexity index is 294. The third-order valence-corrected chi connectivity index (χ3v) is 2.43. The second kappa shape index (κ2) is 4.11. The van der Waals surface area contributed by atoms with Crippen LogP contribution in [0.3, 0.4) is 0 Å². The molecule has 0 bridgehead atoms. The lowest BCUT2D eigenvalue weighted by atomic mass is 10.2. The molecular weight excluding hydrogens is 188 g/mol. The molecule has 1 N–H and O–H groups in total. The van der Waals surface area contributed by atoms with Crippen LogP contribution in [0.1, 0.15) is 25.2 Å². The molecule has 1 aromatic rings. The van der Waals surface area contributed by atoms with Gasteiger partial charge in [0.2, 0.25) is 0 Å². The Morgan fingerprint density at radius 1 is 1.62 bits per heavy atom. The van der Waals surface area contributed by atoms with Crippen LogP contribution in [0, 0.1) is 0 Å². The zero-order chi connectivity index (χ0) is 10.0. The molecule has 1 heterocycles. The lowest BCUT2D eigenvalue weighted by Gasteiger charge is -2.04. The SMILES string of the molecule is CCc1nn(C)c(CC(C)O)c1Cl. The molecular formula is C9H15ClN2O. The van der Waals surface area contributed by atoms with Gasteiger partial charge in [-0.25, -0.2) is 0 Å². The topological polar surface area (TPSA) is 38.0 Å². The van der Waals surface area contributed by atoms with Gasteiger partial charge in [0.15, 0.2) is 0 Å². The summed E-state index contributed by atoms with van der Waals surface area (Å²) in [6, 6.07) is 0. The van der Waals surface area contributed by atoms with Crippen LogP contribution >= 0.6 is 11.6 Å². The monoisotopic (exact) mass is 202 g/mol. The molecule has 74 valence electrons. The summed E-state index contributed by atoms with van der Waals surface area (Å²) in [6.07, 6.45) is 1.01. The lowest BCUT2D eigenvalue weighted by molar-refractivity contribution is 0.193. The van der Waals surface area contributed by atoms with E-state index in [0.29, 0.717) is 11.4 Å². The number of hydrogen-bond donors (Lipinski definition) is 1. The number of hydrogen-bond acceptors (Lipinski definition) is 2. The minimum absolute atomic E-state index is 0.377. The third kappa shape index (κ3) is 2.23. The van der Waals surface area contributed by atoms with E-state index in [1.165, 1.54) is 0 Å². The molecule has 0 aliphatic rings. The van der Waals surface area contributed by atoms with E-state index in [2.05, 4.69) is 5.10 Å². The van der Waals surface area contributed by atoms with E-state index in [-0.39, 0.29) is 6.10 Å². The van der Waals surface area contributed by atoms with Gasteiger partial charge in [-0.3, -0.25) is 4.68 Å². The van der Waals surface area contributed by atoms with Crippen LogP contribution in [0.5, 0.6) is 0 Å². The zero-order valence-electron chi connectivity index (χ0n) is 8.21. The number of aromatic nitrogens is 2. The summed E-state index contributed by atoms with van der Waals surface area (Å²) in [5, 5.41) is 14.2. The molecule has 1 atom stereocenters. The van der Waals surface area contributed by atoms with Crippen LogP contribution in [-0.2, 0) is 19.9 Å². The van der Waals surface area contributed by atoms with Gasteiger partial charge >= 0.3 is 0 Å². The van der Waals surface area contributed by atoms with Crippen LogP contribution in [-0.4, -0.2) is 21.0 Å². The molecule has 13 heavy (non-hydrogen) atoms. The van der Waals surface area contributed by atoms with E-state index in [0.717, 1.165) is 17.8 Å². The first-order valence-corrected chi connectivity index (χ1v) is 4.82. The van der Waals surface area contributed by atoms with Gasteiger partial charge in [-0.15, -0.1) is 0 Å². The number of aryl methyl sites for hydroxylation is 2. The maximum atomic E-state index is 9.24. The summed E-state index contributed by atoms with van der Waals surface area (Å²) >= 11 is 6.08. The average Bonchev–Trinajstić information content (AvgIpc) is 2.31. The molecule has 0 fully saturated rings. The summed E-state index contributed by atoms with van der Waals surface area (Å²) in [6.45, 7) is 3.76. The average molecular weight is 203 g/mol. The Hall–Kier alpha value is -0.540. The first-order valence-electron chi connectivity index (χ1n) is 4.44. The van der Waals surface area contributed by atoms with Gasteiger partial charge in [-0.05, 0) is 13.3 Å². The van der Waals surface area contributed by atoms with E-state index >= 15 is 0 Å². The van der Waals surface area contributed by atoms with E-state index < -0.39 is 0 Å². The van der Waals surface area contributed by atoms with Crippen molar-refractivity contribution < 1.29 is 5.11 Å². The highest BCUT2D eigenvalue weighted by Gasteiger charge is 2.13. The quantitative estimate of drug-likeness (QED) is 0.808. The van der Waals surface area contributed by atoms with Crippen molar-refractivity contribution in [1.29, 1.82) is 0 Å². The van der Waals surface area contributed by atoms with Gasteiger partial charge < -0.3 is 5.11 Å². The highest BCUT2D eigenvalue weighted by molar-refractivity contribution is 6.31. The minimum Gasteiger partial charge on any atom is -0.393 e. The van der Waals surface area contributed by atoms with E-state index in [4.69, 9.17) is 11.6 Å². The number of aliphatic hydroxyl groups is 1. The van der Waals surface area contributed by atoms with Crippen molar-refractivity contribution in [3.8, 4) is 0 Å². The highest BCUT2D eigenvalue weighted by atomic mass is 35.5. The van der Waals surface area contributed by atoms with Gasteiger partial charge in [0.1, 0.15) is 0 Å². The van der Waals surface area contributed by atoms with Crippen LogP contribution in [0.4, 0.5) is 0 Å². The second-order valence-corrected chi connectivity index (χ2v) is 3.62. The number of halogens is 1. The number of nitrogens with zero attached hydrogens (tertiary/aromatic N) is 2. The Kier molecular flexibility index (Phi) is 3.33. The Morgan fingerprint density at radius 2 is 2.23 bits per heavy atom. The largest absolute Gasteiger partial charge is 0.393 e. The van der Waals surface area contributed by atoms with Crippen molar-refractivity contribution >= 4 is 11.6 Å². The van der Waals surface area contributed by atoms with Crippen molar-refractivity contribution in [1.82, 2.24) is 9.78 Å². The molecule has 0 aliphatic heterocycles. The lowest BCUT2D eigenvalue weighted by Crippen LogP contribution is -2.09. The fraction of sp³-hybridized carbons (Fsp3) is 0.667. The molecule has 0 spiro atoms. The van der Waals surface area contributed by atoms with E-state index in [1.54, 1.807) is 11.6 Å². The molecule has 4 heteroatoms. The smallest absolute Gasteiger partial charge is 0.0850 e. The molecule has 0 aromatic carbocycles. The van der Waals surface area contributed by atoms with E-state index in [1.807, 2.05) is 14.0 Å². The molecule has 0 radical (unpaired) electrons. The van der Waals surface area contributed by atoms with Crippen molar-refractivity contribution in [2.24, 2.45) is 7.05 Å². The second-order valence-electron chi connectivity index (χ2n) is 3.24. The maximum Gasteiger partial charge on any atom is 0.0850 e. The maximum absolute atomic E-state index is 9.24. The Morgan fingerprint density at radius 3 is 2.62 bits per heavy atom. The predicted molar refractivity (Wildman–Crippen MR) is 53.0 cm³/mol. The van der Waals surface area contributed by atoms with Crippen LogP contribution in [0.15, 0.2) is 0 Å². The summed E-state index contributed by atoms with van der Waals surface area (Å²) < 4.78 is 1.74. The van der Waals surface area contributed by atoms with Gasteiger partial charge in [0, 0.05) is 13.5 Å². The highest BCUT2D eigenvalue weighted by Crippen LogP contribution is 2.21. The molecule has 0 saturated carbocycles. The third-order valence-electron chi connectivity index (χ3n) is 1.99. The number of aliphatic hydroxyl groups excluding tert-OH is 1. The van der Waals surface area contributed by atoms with Gasteiger partial charge in [0.05, 0.1) is 22.5 Å². The van der Waals surface area contributed by atoms with Crippen molar-refractivity contribution in [2.45, 2.75) is 32.8 Å². The standard InChI is InChI=1S/C9H15ClN2O/c1-4-7-9(10)8(5-6(2)13)12(3)11-7/h6,13H,4-5H2,1-3H3. The van der Waals surface area contributed by atoms with Crippen LogP contribution in [0.25, 0.3) is 0 Å². The molecule has 3 nitrogen and oxygen atoms in total. The molecule has 1 unspecified atom stereocenters. The van der Waals surface area contributed by atoms with Gasteiger partial charge in [-0.2, -0.15) is 5.10 Å². The first kappa shape index (κ1) is 10.5. The minimum atomic E-state index is -0.377. The van der Waals surface area contributed by atoms with Crippen LogP contribution in [0.2, 0.25) is 5.02 Å². The van der Waals surface area contributed by atoms with Crippen molar-refractivity contribution in [3.05, 3.63) is 16.4 Å². The normalized spacial score (nSPS) is 13.3. The molecule has 1 rings (SSSR count). The van der Waals surface area contributed by atoms with E-state index in [9.17, 15) is 5.11 Å². The Labute approximate surface area is 83.3 Å². The predicted octanol–water partition coefficient (Wildman–Crippen LogP) is 1.56. The van der Waals surface area contributed by atoms with Crippen molar-refractivity contribution in [2.75, 3.05) is 0 Å². The zero-order valence-corrected chi connectivity index (χ0v) is 8.97. The van der Waals surface area contributed by atoms with Gasteiger partial charge in [0.25, 0.3) is 0 Å². The molecule has 0 saturated heterocycles.